The van der Waals surface area contributed by atoms with Crippen molar-refractivity contribution in [2.75, 3.05) is 19.0 Å². The minimum atomic E-state index is -4.75. The molecule has 18 heteroatoms. The van der Waals surface area contributed by atoms with Crippen molar-refractivity contribution in [2.45, 2.75) is 122 Å². The number of carbonyl (C=O) groups excluding carboxylic acids is 2. The van der Waals surface area contributed by atoms with E-state index in [2.05, 4.69) is 74.9 Å². The molecule has 294 valence electrons. The van der Waals surface area contributed by atoms with E-state index >= 15 is 0 Å². The van der Waals surface area contributed by atoms with Gasteiger partial charge >= 0.3 is 13.8 Å². The average Bonchev–Trinajstić information content (AvgIpc) is 3.63. The van der Waals surface area contributed by atoms with Gasteiger partial charge in [0.05, 0.1) is 12.9 Å². The van der Waals surface area contributed by atoms with Gasteiger partial charge in [0.2, 0.25) is 5.85 Å². The van der Waals surface area contributed by atoms with E-state index < -0.39 is 60.8 Å². The molecule has 2 aromatic heterocycles. The van der Waals surface area contributed by atoms with Crippen LogP contribution in [-0.4, -0.2) is 91.0 Å². The van der Waals surface area contributed by atoms with Crippen LogP contribution in [0, 0.1) is 5.92 Å². The van der Waals surface area contributed by atoms with Crippen molar-refractivity contribution < 1.29 is 46.6 Å². The molecule has 0 radical (unpaired) electrons. The minimum Gasteiger partial charge on any atom is -0.434 e. The number of imidazole rings is 1. The number of amides is 1. The fourth-order valence-electron chi connectivity index (χ4n) is 5.10. The average molecular weight is 794 g/mol. The van der Waals surface area contributed by atoms with E-state index in [1.165, 1.54) is 12.7 Å². The van der Waals surface area contributed by atoms with E-state index in [1.807, 2.05) is 33.0 Å². The maximum Gasteiger partial charge on any atom is 0.509 e. The number of aromatic nitrogens is 4. The molecule has 2 N–H and O–H groups in total. The Hall–Kier alpha value is -3.03. The monoisotopic (exact) mass is 793 g/mol. The van der Waals surface area contributed by atoms with Gasteiger partial charge in [0.1, 0.15) is 24.6 Å². The number of nitrogens with zero attached hydrogens (tertiary/aromatic N) is 4. The highest BCUT2D eigenvalue weighted by Crippen LogP contribution is 2.55. The zero-order chi connectivity index (χ0) is 39.7. The summed E-state index contributed by atoms with van der Waals surface area (Å²) < 4.78 is 52.5. The Morgan fingerprint density at radius 2 is 1.55 bits per heavy atom. The highest BCUT2D eigenvalue weighted by atomic mass is 31.2. The second-order valence-corrected chi connectivity index (χ2v) is 28.3. The molecule has 0 spiro atoms. The molecule has 1 fully saturated rings. The number of hydrogen-bond acceptors (Lipinski definition) is 12. The molecular formula is C35H56N5O10PSi2. The van der Waals surface area contributed by atoms with Crippen LogP contribution in [0.5, 0.6) is 0 Å². The molecule has 3 heterocycles. The van der Waals surface area contributed by atoms with Gasteiger partial charge in [-0.15, -0.1) is 0 Å². The van der Waals surface area contributed by atoms with Crippen LogP contribution in [0.3, 0.4) is 0 Å². The number of benzene rings is 1. The number of nitrogens with one attached hydrogen (secondary N) is 1. The van der Waals surface area contributed by atoms with Crippen LogP contribution in [0.2, 0.25) is 36.3 Å². The summed E-state index contributed by atoms with van der Waals surface area (Å²) in [4.78, 5) is 50.9. The molecule has 1 aromatic carbocycles. The molecule has 4 rings (SSSR count). The summed E-state index contributed by atoms with van der Waals surface area (Å²) in [6.45, 7) is 24.5. The third-order valence-corrected chi connectivity index (χ3v) is 20.7. The Kier molecular flexibility index (Phi) is 12.9. The topological polar surface area (TPSA) is 182 Å². The van der Waals surface area contributed by atoms with Crippen molar-refractivity contribution in [3.63, 3.8) is 0 Å². The molecule has 3 aromatic rings. The number of fused-ring (bicyclic) bond motifs is 1. The highest BCUT2D eigenvalue weighted by molar-refractivity contribution is 7.53. The molecule has 1 saturated heterocycles. The maximum atomic E-state index is 13.8. The Labute approximate surface area is 314 Å². The smallest absolute Gasteiger partial charge is 0.434 e. The Morgan fingerprint density at radius 3 is 2.09 bits per heavy atom. The molecule has 0 bridgehead atoms. The molecule has 1 aliphatic heterocycles. The van der Waals surface area contributed by atoms with Gasteiger partial charge in [0.25, 0.3) is 5.91 Å². The standard InChI is InChI=1S/C35H56N5O10PSi2/c1-22(2)19-46-33(42)48-32(51(43,44)45-9)27-25(49-52(10,11)34(3,4)5)26(50-53(12,13)35(6,7)8)31(47-27)40-21-38-24-28(36-20-37-29(24)40)39-30(41)23-17-15-14-16-18-23/h14-18,20-22,25-27,31-32H,19H2,1-13H3,(H,43,44)(H,36,37,39,41)/t25-,26+,27-,31+,32-/m0/s1. The van der Waals surface area contributed by atoms with Crippen LogP contribution in [0.25, 0.3) is 11.2 Å². The largest absolute Gasteiger partial charge is 0.509 e. The second kappa shape index (κ2) is 16.0. The number of anilines is 1. The summed E-state index contributed by atoms with van der Waals surface area (Å²) >= 11 is 0. The lowest BCUT2D eigenvalue weighted by molar-refractivity contribution is -0.0786. The number of rotatable bonds is 13. The normalized spacial score (nSPS) is 21.7. The van der Waals surface area contributed by atoms with Crippen LogP contribution in [0.1, 0.15) is 72.0 Å². The van der Waals surface area contributed by atoms with E-state index in [0.717, 1.165) is 7.11 Å². The maximum absolute atomic E-state index is 13.8. The molecule has 1 unspecified atom stereocenters. The van der Waals surface area contributed by atoms with Crippen molar-refractivity contribution in [3.05, 3.63) is 48.5 Å². The van der Waals surface area contributed by atoms with Gasteiger partial charge in [-0.2, -0.15) is 0 Å². The fraction of sp³-hybridized carbons (Fsp3) is 0.629. The van der Waals surface area contributed by atoms with Crippen LogP contribution < -0.4 is 5.32 Å². The SMILES string of the molecule is COP(=O)(O)[C@H](OC(=O)OCC(C)C)[C@H]1O[C@@H](n2cnc3c(NC(=O)c4ccccc4)ncnc32)[C@H](O[Si](C)(C)C(C)(C)C)[C@@H]1O[Si](C)(C)C(C)(C)C. The second-order valence-electron chi connectivity index (χ2n) is 16.8. The molecule has 15 nitrogen and oxygen atoms in total. The lowest BCUT2D eigenvalue weighted by atomic mass is 10.1. The van der Waals surface area contributed by atoms with Crippen molar-refractivity contribution in [1.29, 1.82) is 0 Å². The molecule has 1 aliphatic rings. The third-order valence-electron chi connectivity index (χ3n) is 10.2. The first-order chi connectivity index (χ1) is 24.4. The number of hydrogen-bond donors (Lipinski definition) is 2. The summed E-state index contributed by atoms with van der Waals surface area (Å²) in [5.41, 5.74) is 0.988. The molecule has 53 heavy (non-hydrogen) atoms. The van der Waals surface area contributed by atoms with Gasteiger partial charge in [-0.3, -0.25) is 13.9 Å². The third kappa shape index (κ3) is 9.62. The van der Waals surface area contributed by atoms with Gasteiger partial charge in [-0.05, 0) is 54.3 Å². The van der Waals surface area contributed by atoms with Crippen LogP contribution >= 0.6 is 7.60 Å². The van der Waals surface area contributed by atoms with Gasteiger partial charge in [0.15, 0.2) is 39.8 Å². The van der Waals surface area contributed by atoms with E-state index in [1.54, 1.807) is 28.8 Å². The molecule has 0 saturated carbocycles. The first kappa shape index (κ1) is 42.7. The summed E-state index contributed by atoms with van der Waals surface area (Å²) in [5, 5.41) is 2.23. The van der Waals surface area contributed by atoms with Gasteiger partial charge < -0.3 is 37.8 Å². The van der Waals surface area contributed by atoms with Crippen LogP contribution in [0.4, 0.5) is 10.6 Å². The van der Waals surface area contributed by atoms with Gasteiger partial charge in [-0.25, -0.2) is 19.7 Å². The number of ether oxygens (including phenoxy) is 3. The van der Waals surface area contributed by atoms with Crippen LogP contribution in [-0.2, 0) is 32.2 Å². The number of carbonyl (C=O) groups is 2. The summed E-state index contributed by atoms with van der Waals surface area (Å²) in [7, 11) is -9.07. The zero-order valence-electron chi connectivity index (χ0n) is 33.1. The van der Waals surface area contributed by atoms with Crippen molar-refractivity contribution in [3.8, 4) is 0 Å². The lowest BCUT2D eigenvalue weighted by Crippen LogP contribution is -2.55. The minimum absolute atomic E-state index is 0.0209. The first-order valence-electron chi connectivity index (χ1n) is 17.7. The molecular weight excluding hydrogens is 738 g/mol. The zero-order valence-corrected chi connectivity index (χ0v) is 36.0. The lowest BCUT2D eigenvalue weighted by Gasteiger charge is -2.44. The summed E-state index contributed by atoms with van der Waals surface area (Å²) in [5.74, 6) is -2.11. The summed E-state index contributed by atoms with van der Waals surface area (Å²) in [6, 6.07) is 8.69. The summed E-state index contributed by atoms with van der Waals surface area (Å²) in [6.07, 6.45) is -2.82. The first-order valence-corrected chi connectivity index (χ1v) is 25.1. The predicted molar refractivity (Wildman–Crippen MR) is 206 cm³/mol. The Morgan fingerprint density at radius 1 is 0.962 bits per heavy atom. The fourth-order valence-corrected chi connectivity index (χ4v) is 8.73. The predicted octanol–water partition coefficient (Wildman–Crippen LogP) is 7.72. The van der Waals surface area contributed by atoms with E-state index in [0.29, 0.717) is 5.56 Å². The van der Waals surface area contributed by atoms with Crippen molar-refractivity contribution in [1.82, 2.24) is 19.5 Å². The van der Waals surface area contributed by atoms with Crippen LogP contribution in [0.15, 0.2) is 43.0 Å². The van der Waals surface area contributed by atoms with Gasteiger partial charge in [-0.1, -0.05) is 73.6 Å². The van der Waals surface area contributed by atoms with E-state index in [-0.39, 0.29) is 45.5 Å². The van der Waals surface area contributed by atoms with E-state index in [9.17, 15) is 19.0 Å². The molecule has 0 aliphatic carbocycles. The quantitative estimate of drug-likeness (QED) is 0.0975. The Balaban J connectivity index is 1.91. The Bertz CT molecular complexity index is 1790. The van der Waals surface area contributed by atoms with E-state index in [4.69, 9.17) is 27.6 Å². The van der Waals surface area contributed by atoms with Crippen molar-refractivity contribution in [2.24, 2.45) is 5.92 Å². The highest BCUT2D eigenvalue weighted by Gasteiger charge is 2.60. The molecule has 6 atom stereocenters. The molecule has 1 amide bonds. The van der Waals surface area contributed by atoms with Gasteiger partial charge in [0, 0.05) is 12.7 Å². The van der Waals surface area contributed by atoms with Crippen molar-refractivity contribution >= 4 is 53.3 Å².